The molecule has 2 rings (SSSR count). The van der Waals surface area contributed by atoms with Gasteiger partial charge in [0.15, 0.2) is 0 Å². The molecule has 0 atom stereocenters. The number of aryl methyl sites for hydroxylation is 1. The van der Waals surface area contributed by atoms with Crippen LogP contribution in [0.1, 0.15) is 23.1 Å². The molecule has 0 amide bonds. The molecule has 0 bridgehead atoms. The molecule has 0 spiro atoms. The van der Waals surface area contributed by atoms with Gasteiger partial charge in [-0.1, -0.05) is 53.7 Å². The Bertz CT molecular complexity index is 645. The van der Waals surface area contributed by atoms with Crippen molar-refractivity contribution < 1.29 is 4.84 Å². The van der Waals surface area contributed by atoms with E-state index in [1.54, 1.807) is 6.07 Å². The summed E-state index contributed by atoms with van der Waals surface area (Å²) < 4.78 is 0. The van der Waals surface area contributed by atoms with Gasteiger partial charge in [0, 0.05) is 12.0 Å². The molecule has 4 nitrogen and oxygen atoms in total. The van der Waals surface area contributed by atoms with E-state index in [1.807, 2.05) is 36.4 Å². The van der Waals surface area contributed by atoms with Gasteiger partial charge in [-0.05, 0) is 18.1 Å². The van der Waals surface area contributed by atoms with Gasteiger partial charge in [-0.25, -0.2) is 0 Å². The van der Waals surface area contributed by atoms with Crippen LogP contribution < -0.4 is 5.73 Å². The second kappa shape index (κ2) is 7.71. The van der Waals surface area contributed by atoms with Crippen LogP contribution in [0.5, 0.6) is 0 Å². The van der Waals surface area contributed by atoms with E-state index in [1.165, 1.54) is 5.56 Å². The molecule has 106 valence electrons. The smallest absolute Gasteiger partial charge is 0.143 e. The lowest BCUT2D eigenvalue weighted by Crippen LogP contribution is -2.13. The van der Waals surface area contributed by atoms with Crippen molar-refractivity contribution in [1.29, 1.82) is 5.26 Å². The second-order valence-electron chi connectivity index (χ2n) is 4.61. The van der Waals surface area contributed by atoms with Gasteiger partial charge in [-0.15, -0.1) is 0 Å². The van der Waals surface area contributed by atoms with Gasteiger partial charge in [-0.2, -0.15) is 5.26 Å². The summed E-state index contributed by atoms with van der Waals surface area (Å²) in [5, 5.41) is 12.9. The summed E-state index contributed by atoms with van der Waals surface area (Å²) in [6.45, 7) is 0.246. The van der Waals surface area contributed by atoms with Crippen LogP contribution in [0.25, 0.3) is 0 Å². The summed E-state index contributed by atoms with van der Waals surface area (Å²) in [5.74, 6) is 0.452. The number of benzene rings is 2. The number of nitrogens with two attached hydrogens (primary N) is 1. The molecule has 0 aliphatic carbocycles. The molecule has 0 fully saturated rings. The fourth-order valence-electron chi connectivity index (χ4n) is 1.90. The van der Waals surface area contributed by atoms with Crippen molar-refractivity contribution in [2.24, 2.45) is 10.9 Å². The van der Waals surface area contributed by atoms with Crippen molar-refractivity contribution in [3.63, 3.8) is 0 Å². The number of nitrogens with zero attached hydrogens (tertiary/aromatic N) is 2. The van der Waals surface area contributed by atoms with E-state index < -0.39 is 0 Å². The van der Waals surface area contributed by atoms with Crippen LogP contribution in [0, 0.1) is 11.3 Å². The second-order valence-corrected chi connectivity index (χ2v) is 4.61. The van der Waals surface area contributed by atoms with Crippen LogP contribution in [-0.2, 0) is 17.9 Å². The van der Waals surface area contributed by atoms with E-state index in [2.05, 4.69) is 23.4 Å². The van der Waals surface area contributed by atoms with Crippen LogP contribution in [0.2, 0.25) is 0 Å². The van der Waals surface area contributed by atoms with Crippen LogP contribution in [0.4, 0.5) is 0 Å². The van der Waals surface area contributed by atoms with Gasteiger partial charge in [0.1, 0.15) is 12.4 Å². The summed E-state index contributed by atoms with van der Waals surface area (Å²) in [6, 6.07) is 19.5. The number of amidine groups is 1. The van der Waals surface area contributed by atoms with Gasteiger partial charge < -0.3 is 10.6 Å². The SMILES string of the molecule is N#Cc1ccccc1CO/N=C(\N)CCc1ccccc1. The zero-order valence-corrected chi connectivity index (χ0v) is 11.7. The van der Waals surface area contributed by atoms with E-state index in [0.717, 1.165) is 12.0 Å². The van der Waals surface area contributed by atoms with E-state index in [9.17, 15) is 0 Å². The van der Waals surface area contributed by atoms with E-state index >= 15 is 0 Å². The van der Waals surface area contributed by atoms with Gasteiger partial charge in [-0.3, -0.25) is 0 Å². The maximum absolute atomic E-state index is 8.97. The molecule has 0 aliphatic rings. The molecule has 2 aromatic rings. The Morgan fingerprint density at radius 1 is 1.10 bits per heavy atom. The monoisotopic (exact) mass is 279 g/mol. The van der Waals surface area contributed by atoms with Crippen LogP contribution in [0.3, 0.4) is 0 Å². The third-order valence-electron chi connectivity index (χ3n) is 3.05. The van der Waals surface area contributed by atoms with E-state index in [4.69, 9.17) is 15.8 Å². The van der Waals surface area contributed by atoms with E-state index in [0.29, 0.717) is 17.8 Å². The summed E-state index contributed by atoms with van der Waals surface area (Å²) in [7, 11) is 0. The van der Waals surface area contributed by atoms with Crippen molar-refractivity contribution in [3.8, 4) is 6.07 Å². The van der Waals surface area contributed by atoms with Crippen LogP contribution >= 0.6 is 0 Å². The maximum atomic E-state index is 8.97. The third-order valence-corrected chi connectivity index (χ3v) is 3.05. The Balaban J connectivity index is 1.82. The van der Waals surface area contributed by atoms with Crippen molar-refractivity contribution in [2.45, 2.75) is 19.4 Å². The third kappa shape index (κ3) is 4.66. The molecule has 0 aromatic heterocycles. The molecule has 0 heterocycles. The lowest BCUT2D eigenvalue weighted by molar-refractivity contribution is 0.129. The largest absolute Gasteiger partial charge is 0.389 e. The van der Waals surface area contributed by atoms with E-state index in [-0.39, 0.29) is 6.61 Å². The number of rotatable bonds is 6. The first kappa shape index (κ1) is 14.6. The Morgan fingerprint density at radius 2 is 1.81 bits per heavy atom. The number of oxime groups is 1. The Labute approximate surface area is 124 Å². The molecule has 2 aromatic carbocycles. The highest BCUT2D eigenvalue weighted by Gasteiger charge is 2.01. The molecule has 2 N–H and O–H groups in total. The minimum atomic E-state index is 0.246. The Kier molecular flexibility index (Phi) is 5.36. The molecule has 0 radical (unpaired) electrons. The lowest BCUT2D eigenvalue weighted by atomic mass is 10.1. The average molecular weight is 279 g/mol. The van der Waals surface area contributed by atoms with Gasteiger partial charge in [0.25, 0.3) is 0 Å². The van der Waals surface area contributed by atoms with Gasteiger partial charge in [0.05, 0.1) is 11.6 Å². The first-order chi connectivity index (χ1) is 10.3. The fraction of sp³-hybridized carbons (Fsp3) is 0.176. The normalized spacial score (nSPS) is 10.9. The summed E-state index contributed by atoms with van der Waals surface area (Å²) in [5.41, 5.74) is 8.43. The lowest BCUT2D eigenvalue weighted by Gasteiger charge is -2.04. The Hall–Kier alpha value is -2.80. The molecular weight excluding hydrogens is 262 g/mol. The van der Waals surface area contributed by atoms with Crippen LogP contribution in [-0.4, -0.2) is 5.84 Å². The molecule has 4 heteroatoms. The molecule has 0 saturated carbocycles. The Morgan fingerprint density at radius 3 is 2.57 bits per heavy atom. The van der Waals surface area contributed by atoms with Crippen molar-refractivity contribution >= 4 is 5.84 Å². The van der Waals surface area contributed by atoms with Crippen molar-refractivity contribution in [3.05, 3.63) is 71.3 Å². The number of hydrogen-bond acceptors (Lipinski definition) is 3. The zero-order chi connectivity index (χ0) is 14.9. The highest BCUT2D eigenvalue weighted by Crippen LogP contribution is 2.09. The summed E-state index contributed by atoms with van der Waals surface area (Å²) >= 11 is 0. The molecule has 21 heavy (non-hydrogen) atoms. The predicted octanol–water partition coefficient (Wildman–Crippen LogP) is 2.98. The highest BCUT2D eigenvalue weighted by atomic mass is 16.6. The van der Waals surface area contributed by atoms with Crippen molar-refractivity contribution in [1.82, 2.24) is 0 Å². The first-order valence-corrected chi connectivity index (χ1v) is 6.76. The molecule has 0 saturated heterocycles. The first-order valence-electron chi connectivity index (χ1n) is 6.76. The van der Waals surface area contributed by atoms with Gasteiger partial charge >= 0.3 is 0 Å². The number of nitriles is 1. The molecule has 0 unspecified atom stereocenters. The average Bonchev–Trinajstić information content (AvgIpc) is 2.54. The zero-order valence-electron chi connectivity index (χ0n) is 11.7. The predicted molar refractivity (Wildman–Crippen MR) is 82.3 cm³/mol. The minimum Gasteiger partial charge on any atom is -0.389 e. The topological polar surface area (TPSA) is 71.4 Å². The minimum absolute atomic E-state index is 0.246. The standard InChI is InChI=1S/C17H17N3O/c18-12-15-8-4-5-9-16(15)13-21-20-17(19)11-10-14-6-2-1-3-7-14/h1-9H,10-11,13H2,(H2,19,20). The molecular formula is C17H17N3O. The number of hydrogen-bond donors (Lipinski definition) is 1. The fourth-order valence-corrected chi connectivity index (χ4v) is 1.90. The summed E-state index contributed by atoms with van der Waals surface area (Å²) in [4.78, 5) is 5.22. The van der Waals surface area contributed by atoms with Gasteiger partial charge in [0.2, 0.25) is 0 Å². The molecule has 0 aliphatic heterocycles. The van der Waals surface area contributed by atoms with Crippen LogP contribution in [0.15, 0.2) is 59.8 Å². The van der Waals surface area contributed by atoms with Crippen molar-refractivity contribution in [2.75, 3.05) is 0 Å². The maximum Gasteiger partial charge on any atom is 0.143 e. The summed E-state index contributed by atoms with van der Waals surface area (Å²) in [6.07, 6.45) is 1.47. The quantitative estimate of drug-likeness (QED) is 0.502. The highest BCUT2D eigenvalue weighted by molar-refractivity contribution is 5.79.